The van der Waals surface area contributed by atoms with Crippen molar-refractivity contribution < 1.29 is 8.42 Å². The first-order chi connectivity index (χ1) is 8.03. The van der Waals surface area contributed by atoms with E-state index in [-0.39, 0.29) is 17.5 Å². The zero-order chi connectivity index (χ0) is 12.7. The van der Waals surface area contributed by atoms with Crippen LogP contribution in [0.4, 0.5) is 0 Å². The van der Waals surface area contributed by atoms with Crippen LogP contribution in [0.15, 0.2) is 30.3 Å². The number of benzene rings is 1. The van der Waals surface area contributed by atoms with Crippen LogP contribution in [0.25, 0.3) is 0 Å². The first kappa shape index (κ1) is 14.2. The summed E-state index contributed by atoms with van der Waals surface area (Å²) >= 11 is 0. The molecule has 3 nitrogen and oxygen atoms in total. The Morgan fingerprint density at radius 2 is 1.88 bits per heavy atom. The van der Waals surface area contributed by atoms with Crippen molar-refractivity contribution in [3.63, 3.8) is 0 Å². The van der Waals surface area contributed by atoms with Crippen molar-refractivity contribution >= 4 is 9.84 Å². The Labute approximate surface area is 104 Å². The molecule has 0 aliphatic heterocycles. The standard InChI is InChI=1S/C13H21NO2S/c1-2-17(15,16)10-6-9-13(14)11-12-7-4-3-5-8-12/h3-5,7-8,13H,2,6,9-11,14H2,1H3. The van der Waals surface area contributed by atoms with Crippen LogP contribution in [0.2, 0.25) is 0 Å². The van der Waals surface area contributed by atoms with E-state index in [2.05, 4.69) is 0 Å². The Hall–Kier alpha value is -0.870. The first-order valence-corrected chi connectivity index (χ1v) is 7.85. The van der Waals surface area contributed by atoms with Crippen molar-refractivity contribution in [3.8, 4) is 0 Å². The molecule has 17 heavy (non-hydrogen) atoms. The highest BCUT2D eigenvalue weighted by Gasteiger charge is 2.09. The monoisotopic (exact) mass is 255 g/mol. The second kappa shape index (κ2) is 6.77. The van der Waals surface area contributed by atoms with Crippen molar-refractivity contribution in [3.05, 3.63) is 35.9 Å². The highest BCUT2D eigenvalue weighted by Crippen LogP contribution is 2.07. The molecule has 1 rings (SSSR count). The molecule has 0 heterocycles. The predicted octanol–water partition coefficient (Wildman–Crippen LogP) is 1.77. The molecule has 0 saturated carbocycles. The van der Waals surface area contributed by atoms with Crippen molar-refractivity contribution in [1.29, 1.82) is 0 Å². The number of rotatable bonds is 7. The predicted molar refractivity (Wildman–Crippen MR) is 71.7 cm³/mol. The van der Waals surface area contributed by atoms with Crippen molar-refractivity contribution in [1.82, 2.24) is 0 Å². The van der Waals surface area contributed by atoms with Crippen LogP contribution < -0.4 is 5.73 Å². The number of nitrogens with two attached hydrogens (primary N) is 1. The van der Waals surface area contributed by atoms with E-state index in [1.165, 1.54) is 5.56 Å². The summed E-state index contributed by atoms with van der Waals surface area (Å²) in [5.41, 5.74) is 7.19. The summed E-state index contributed by atoms with van der Waals surface area (Å²) in [5, 5.41) is 0. The Bertz CT molecular complexity index is 414. The lowest BCUT2D eigenvalue weighted by molar-refractivity contribution is 0.574. The van der Waals surface area contributed by atoms with E-state index < -0.39 is 9.84 Å². The molecule has 0 aliphatic carbocycles. The smallest absolute Gasteiger partial charge is 0.150 e. The molecule has 1 unspecified atom stereocenters. The molecule has 2 N–H and O–H groups in total. The third-order valence-corrected chi connectivity index (χ3v) is 4.60. The van der Waals surface area contributed by atoms with Gasteiger partial charge >= 0.3 is 0 Å². The maximum Gasteiger partial charge on any atom is 0.150 e. The average molecular weight is 255 g/mol. The maximum absolute atomic E-state index is 11.3. The average Bonchev–Trinajstić information content (AvgIpc) is 2.30. The van der Waals surface area contributed by atoms with Crippen LogP contribution in [-0.4, -0.2) is 26.0 Å². The largest absolute Gasteiger partial charge is 0.327 e. The summed E-state index contributed by atoms with van der Waals surface area (Å²) < 4.78 is 22.6. The maximum atomic E-state index is 11.3. The fraction of sp³-hybridized carbons (Fsp3) is 0.538. The first-order valence-electron chi connectivity index (χ1n) is 6.03. The normalized spacial score (nSPS) is 13.5. The van der Waals surface area contributed by atoms with E-state index in [1.807, 2.05) is 30.3 Å². The molecule has 0 saturated heterocycles. The SMILES string of the molecule is CCS(=O)(=O)CCCC(N)Cc1ccccc1. The summed E-state index contributed by atoms with van der Waals surface area (Å²) in [6.07, 6.45) is 2.23. The Kier molecular flexibility index (Phi) is 5.65. The van der Waals surface area contributed by atoms with Crippen LogP contribution >= 0.6 is 0 Å². The van der Waals surface area contributed by atoms with Gasteiger partial charge in [-0.1, -0.05) is 37.3 Å². The Balaban J connectivity index is 2.29. The zero-order valence-electron chi connectivity index (χ0n) is 10.3. The highest BCUT2D eigenvalue weighted by atomic mass is 32.2. The van der Waals surface area contributed by atoms with E-state index in [4.69, 9.17) is 5.73 Å². The molecule has 1 atom stereocenters. The van der Waals surface area contributed by atoms with Gasteiger partial charge in [0.25, 0.3) is 0 Å². The molecule has 0 fully saturated rings. The third-order valence-electron chi connectivity index (χ3n) is 2.81. The van der Waals surface area contributed by atoms with Gasteiger partial charge in [-0.25, -0.2) is 8.42 Å². The lowest BCUT2D eigenvalue weighted by atomic mass is 10.0. The lowest BCUT2D eigenvalue weighted by Crippen LogP contribution is -2.24. The third kappa shape index (κ3) is 5.84. The van der Waals surface area contributed by atoms with Crippen LogP contribution in [0.1, 0.15) is 25.3 Å². The minimum absolute atomic E-state index is 0.0458. The van der Waals surface area contributed by atoms with Gasteiger partial charge in [-0.2, -0.15) is 0 Å². The fourth-order valence-electron chi connectivity index (χ4n) is 1.73. The molecular formula is C13H21NO2S. The fourth-order valence-corrected chi connectivity index (χ4v) is 2.62. The van der Waals surface area contributed by atoms with Gasteiger partial charge in [0.15, 0.2) is 0 Å². The molecule has 0 spiro atoms. The summed E-state index contributed by atoms with van der Waals surface area (Å²) in [4.78, 5) is 0. The highest BCUT2D eigenvalue weighted by molar-refractivity contribution is 7.91. The van der Waals surface area contributed by atoms with Gasteiger partial charge in [0.05, 0.1) is 5.75 Å². The quantitative estimate of drug-likeness (QED) is 0.807. The Morgan fingerprint density at radius 1 is 1.24 bits per heavy atom. The molecule has 1 aromatic rings. The van der Waals surface area contributed by atoms with Crippen molar-refractivity contribution in [2.45, 2.75) is 32.2 Å². The molecule has 1 aromatic carbocycles. The topological polar surface area (TPSA) is 60.2 Å². The van der Waals surface area contributed by atoms with Crippen LogP contribution in [0.3, 0.4) is 0 Å². The van der Waals surface area contributed by atoms with Gasteiger partial charge in [-0.05, 0) is 24.8 Å². The minimum atomic E-state index is -2.84. The second-order valence-corrected chi connectivity index (χ2v) is 6.80. The van der Waals surface area contributed by atoms with E-state index in [0.29, 0.717) is 6.42 Å². The van der Waals surface area contributed by atoms with Crippen LogP contribution in [-0.2, 0) is 16.3 Å². The van der Waals surface area contributed by atoms with Gasteiger partial charge in [0.1, 0.15) is 9.84 Å². The second-order valence-electron chi connectivity index (χ2n) is 4.33. The van der Waals surface area contributed by atoms with Gasteiger partial charge in [0.2, 0.25) is 0 Å². The summed E-state index contributed by atoms with van der Waals surface area (Å²) in [6, 6.07) is 10.1. The summed E-state index contributed by atoms with van der Waals surface area (Å²) in [7, 11) is -2.84. The van der Waals surface area contributed by atoms with Gasteiger partial charge in [0, 0.05) is 11.8 Å². The van der Waals surface area contributed by atoms with Crippen LogP contribution in [0, 0.1) is 0 Å². The molecule has 0 aromatic heterocycles. The van der Waals surface area contributed by atoms with Crippen molar-refractivity contribution in [2.24, 2.45) is 5.73 Å². The number of sulfone groups is 1. The zero-order valence-corrected chi connectivity index (χ0v) is 11.1. The molecular weight excluding hydrogens is 234 g/mol. The molecule has 0 radical (unpaired) electrons. The number of hydrogen-bond acceptors (Lipinski definition) is 3. The summed E-state index contributed by atoms with van der Waals surface area (Å²) in [5.74, 6) is 0.479. The van der Waals surface area contributed by atoms with E-state index >= 15 is 0 Å². The van der Waals surface area contributed by atoms with E-state index in [0.717, 1.165) is 12.8 Å². The number of hydrogen-bond donors (Lipinski definition) is 1. The van der Waals surface area contributed by atoms with Gasteiger partial charge in [-0.3, -0.25) is 0 Å². The Morgan fingerprint density at radius 3 is 2.47 bits per heavy atom. The van der Waals surface area contributed by atoms with E-state index in [1.54, 1.807) is 6.92 Å². The van der Waals surface area contributed by atoms with Crippen molar-refractivity contribution in [2.75, 3.05) is 11.5 Å². The molecule has 0 bridgehead atoms. The van der Waals surface area contributed by atoms with Crippen LogP contribution in [0.5, 0.6) is 0 Å². The molecule has 0 amide bonds. The van der Waals surface area contributed by atoms with Gasteiger partial charge in [-0.15, -0.1) is 0 Å². The van der Waals surface area contributed by atoms with E-state index in [9.17, 15) is 8.42 Å². The molecule has 0 aliphatic rings. The molecule has 96 valence electrons. The summed E-state index contributed by atoms with van der Waals surface area (Å²) in [6.45, 7) is 1.68. The lowest BCUT2D eigenvalue weighted by Gasteiger charge is -2.11. The minimum Gasteiger partial charge on any atom is -0.327 e. The van der Waals surface area contributed by atoms with Gasteiger partial charge < -0.3 is 5.73 Å². The molecule has 4 heteroatoms.